The van der Waals surface area contributed by atoms with E-state index < -0.39 is 5.60 Å². The monoisotopic (exact) mass is 403 g/mol. The zero-order valence-electron chi connectivity index (χ0n) is 16.9. The van der Waals surface area contributed by atoms with E-state index in [1.165, 1.54) is 18.4 Å². The van der Waals surface area contributed by atoms with Crippen LogP contribution in [0.2, 0.25) is 0 Å². The van der Waals surface area contributed by atoms with Crippen molar-refractivity contribution in [1.82, 2.24) is 24.9 Å². The highest BCUT2D eigenvalue weighted by molar-refractivity contribution is 5.92. The zero-order chi connectivity index (χ0) is 20.1. The molecule has 1 aliphatic carbocycles. The number of nitrogens with zero attached hydrogens (tertiary/aromatic N) is 4. The van der Waals surface area contributed by atoms with E-state index in [0.717, 1.165) is 36.3 Å². The molecule has 1 amide bonds. The van der Waals surface area contributed by atoms with Gasteiger partial charge in [0.15, 0.2) is 0 Å². The zero-order valence-corrected chi connectivity index (χ0v) is 16.9. The second-order valence-electron chi connectivity index (χ2n) is 8.65. The van der Waals surface area contributed by atoms with Crippen LogP contribution in [0.15, 0.2) is 42.6 Å². The molecule has 0 bridgehead atoms. The van der Waals surface area contributed by atoms with Crippen molar-refractivity contribution in [3.63, 3.8) is 0 Å². The SMILES string of the molecule is O=C(c1cc(C2CC2)[nH]n1)N1CCC2(CC1)OCCc1cn(-c3ccccc3)nc12. The Morgan fingerprint density at radius 3 is 2.73 bits per heavy atom. The molecule has 4 heterocycles. The number of hydrogen-bond acceptors (Lipinski definition) is 4. The van der Waals surface area contributed by atoms with E-state index in [2.05, 4.69) is 28.5 Å². The van der Waals surface area contributed by atoms with Crippen molar-refractivity contribution < 1.29 is 9.53 Å². The van der Waals surface area contributed by atoms with Crippen molar-refractivity contribution in [3.8, 4) is 5.69 Å². The number of ether oxygens (including phenoxy) is 1. The minimum atomic E-state index is -0.394. The lowest BCUT2D eigenvalue weighted by Gasteiger charge is -2.42. The third kappa shape index (κ3) is 2.96. The van der Waals surface area contributed by atoms with Gasteiger partial charge in [0.25, 0.3) is 5.91 Å². The molecule has 0 radical (unpaired) electrons. The largest absolute Gasteiger partial charge is 0.368 e. The summed E-state index contributed by atoms with van der Waals surface area (Å²) in [5, 5.41) is 12.2. The van der Waals surface area contributed by atoms with E-state index in [1.807, 2.05) is 33.8 Å². The van der Waals surface area contributed by atoms with Gasteiger partial charge < -0.3 is 9.64 Å². The van der Waals surface area contributed by atoms with Gasteiger partial charge in [0, 0.05) is 30.9 Å². The van der Waals surface area contributed by atoms with Crippen LogP contribution < -0.4 is 0 Å². The molecule has 154 valence electrons. The molecule has 1 saturated carbocycles. The van der Waals surface area contributed by atoms with Crippen LogP contribution in [-0.2, 0) is 16.8 Å². The molecule has 7 nitrogen and oxygen atoms in total. The van der Waals surface area contributed by atoms with Gasteiger partial charge >= 0.3 is 0 Å². The first-order valence-corrected chi connectivity index (χ1v) is 10.8. The molecule has 0 atom stereocenters. The summed E-state index contributed by atoms with van der Waals surface area (Å²) in [6.07, 6.45) is 6.92. The number of para-hydroxylation sites is 1. The molecule has 1 N–H and O–H groups in total. The molecule has 2 aliphatic heterocycles. The van der Waals surface area contributed by atoms with Crippen molar-refractivity contribution in [1.29, 1.82) is 0 Å². The van der Waals surface area contributed by atoms with Gasteiger partial charge in [0.2, 0.25) is 0 Å². The number of benzene rings is 1. The molecule has 1 spiro atoms. The number of hydrogen-bond donors (Lipinski definition) is 1. The molecular formula is C23H25N5O2. The van der Waals surface area contributed by atoms with Gasteiger partial charge in [-0.2, -0.15) is 10.2 Å². The molecule has 1 saturated heterocycles. The van der Waals surface area contributed by atoms with Gasteiger partial charge in [-0.1, -0.05) is 18.2 Å². The number of likely N-dealkylation sites (tertiary alicyclic amines) is 1. The highest BCUT2D eigenvalue weighted by Gasteiger charge is 2.44. The number of aromatic amines is 1. The smallest absolute Gasteiger partial charge is 0.274 e. The Bertz CT molecular complexity index is 1070. The topological polar surface area (TPSA) is 76.0 Å². The van der Waals surface area contributed by atoms with Crippen molar-refractivity contribution in [2.75, 3.05) is 19.7 Å². The summed E-state index contributed by atoms with van der Waals surface area (Å²) in [5.41, 5.74) is 4.59. The quantitative estimate of drug-likeness (QED) is 0.729. The van der Waals surface area contributed by atoms with Crippen molar-refractivity contribution in [2.24, 2.45) is 0 Å². The Kier molecular flexibility index (Phi) is 4.06. The number of aromatic nitrogens is 4. The van der Waals surface area contributed by atoms with E-state index >= 15 is 0 Å². The summed E-state index contributed by atoms with van der Waals surface area (Å²) in [6.45, 7) is 2.01. The molecule has 1 aromatic carbocycles. The predicted molar refractivity (Wildman–Crippen MR) is 111 cm³/mol. The highest BCUT2D eigenvalue weighted by Crippen LogP contribution is 2.42. The second kappa shape index (κ2) is 6.80. The fourth-order valence-corrected chi connectivity index (χ4v) is 4.78. The maximum atomic E-state index is 12.9. The maximum absolute atomic E-state index is 12.9. The van der Waals surface area contributed by atoms with E-state index in [-0.39, 0.29) is 5.91 Å². The number of fused-ring (bicyclic) bond motifs is 2. The lowest BCUT2D eigenvalue weighted by atomic mass is 9.83. The average Bonchev–Trinajstić information content (AvgIpc) is 3.34. The second-order valence-corrected chi connectivity index (χ2v) is 8.65. The summed E-state index contributed by atoms with van der Waals surface area (Å²) in [4.78, 5) is 14.9. The summed E-state index contributed by atoms with van der Waals surface area (Å²) >= 11 is 0. The molecule has 30 heavy (non-hydrogen) atoms. The van der Waals surface area contributed by atoms with Crippen LogP contribution in [-0.4, -0.2) is 50.5 Å². The van der Waals surface area contributed by atoms with Crippen LogP contribution in [0.1, 0.15) is 59.0 Å². The molecule has 0 unspecified atom stereocenters. The molecule has 2 fully saturated rings. The number of nitrogens with one attached hydrogen (secondary N) is 1. The number of H-pyrrole nitrogens is 1. The van der Waals surface area contributed by atoms with Crippen LogP contribution in [0.3, 0.4) is 0 Å². The Labute approximate surface area is 175 Å². The minimum absolute atomic E-state index is 0.0128. The standard InChI is InChI=1S/C23H25N5O2/c29-22(20-14-19(24-25-20)16-6-7-16)27-11-9-23(10-12-27)21-17(8-13-30-23)15-28(26-21)18-4-2-1-3-5-18/h1-5,14-16H,6-13H2,(H,24,25). The maximum Gasteiger partial charge on any atom is 0.274 e. The first-order valence-electron chi connectivity index (χ1n) is 10.8. The number of rotatable bonds is 3. The number of amides is 1. The Hall–Kier alpha value is -2.93. The number of carbonyl (C=O) groups is 1. The summed E-state index contributed by atoms with van der Waals surface area (Å²) in [7, 11) is 0. The average molecular weight is 403 g/mol. The molecule has 3 aliphatic rings. The third-order valence-electron chi connectivity index (χ3n) is 6.68. The molecule has 7 heteroatoms. The molecule has 2 aromatic heterocycles. The lowest BCUT2D eigenvalue weighted by molar-refractivity contribution is -0.0963. The van der Waals surface area contributed by atoms with E-state index in [4.69, 9.17) is 9.84 Å². The predicted octanol–water partition coefficient (Wildman–Crippen LogP) is 3.18. The molecular weight excluding hydrogens is 378 g/mol. The van der Waals surface area contributed by atoms with Crippen LogP contribution >= 0.6 is 0 Å². The Morgan fingerprint density at radius 2 is 1.97 bits per heavy atom. The minimum Gasteiger partial charge on any atom is -0.368 e. The van der Waals surface area contributed by atoms with Crippen LogP contribution in [0.4, 0.5) is 0 Å². The van der Waals surface area contributed by atoms with Gasteiger partial charge in [-0.3, -0.25) is 9.89 Å². The Morgan fingerprint density at radius 1 is 1.17 bits per heavy atom. The third-order valence-corrected chi connectivity index (χ3v) is 6.68. The molecule has 6 rings (SSSR count). The van der Waals surface area contributed by atoms with E-state index in [0.29, 0.717) is 31.3 Å². The summed E-state index contributed by atoms with van der Waals surface area (Å²) in [6, 6.07) is 12.1. The summed E-state index contributed by atoms with van der Waals surface area (Å²) < 4.78 is 8.28. The first kappa shape index (κ1) is 17.9. The van der Waals surface area contributed by atoms with Crippen LogP contribution in [0.5, 0.6) is 0 Å². The normalized spacial score (nSPS) is 20.3. The van der Waals surface area contributed by atoms with E-state index in [9.17, 15) is 4.79 Å². The fourth-order valence-electron chi connectivity index (χ4n) is 4.78. The van der Waals surface area contributed by atoms with Gasteiger partial charge in [0.05, 0.1) is 18.0 Å². The Balaban J connectivity index is 1.21. The number of carbonyl (C=O) groups excluding carboxylic acids is 1. The lowest BCUT2D eigenvalue weighted by Crippen LogP contribution is -2.48. The van der Waals surface area contributed by atoms with E-state index in [1.54, 1.807) is 0 Å². The number of piperidine rings is 1. The van der Waals surface area contributed by atoms with Crippen molar-refractivity contribution in [2.45, 2.75) is 43.6 Å². The van der Waals surface area contributed by atoms with Crippen LogP contribution in [0, 0.1) is 0 Å². The summed E-state index contributed by atoms with van der Waals surface area (Å²) in [5.74, 6) is 0.580. The van der Waals surface area contributed by atoms with Crippen molar-refractivity contribution >= 4 is 5.91 Å². The highest BCUT2D eigenvalue weighted by atomic mass is 16.5. The van der Waals surface area contributed by atoms with Gasteiger partial charge in [-0.15, -0.1) is 0 Å². The fraction of sp³-hybridized carbons (Fsp3) is 0.435. The van der Waals surface area contributed by atoms with Gasteiger partial charge in [0.1, 0.15) is 11.3 Å². The first-order chi connectivity index (χ1) is 14.7. The van der Waals surface area contributed by atoms with Gasteiger partial charge in [-0.25, -0.2) is 4.68 Å². The molecule has 3 aromatic rings. The van der Waals surface area contributed by atoms with Gasteiger partial charge in [-0.05, 0) is 55.9 Å². The van der Waals surface area contributed by atoms with Crippen molar-refractivity contribution in [3.05, 3.63) is 65.2 Å². The van der Waals surface area contributed by atoms with Crippen LogP contribution in [0.25, 0.3) is 5.69 Å².